The average molecular weight is 1160 g/mol. The quantitative estimate of drug-likeness (QED) is 0.0223. The van der Waals surface area contributed by atoms with Crippen LogP contribution in [0.5, 0.6) is 0 Å². The number of unbranched alkanes of at least 4 members (excludes halogenated alkanes) is 45. The molecule has 0 aliphatic carbocycles. The summed E-state index contributed by atoms with van der Waals surface area (Å²) in [6.07, 6.45) is 46.1. The highest BCUT2D eigenvalue weighted by molar-refractivity contribution is 5.69. The van der Waals surface area contributed by atoms with Crippen molar-refractivity contribution in [2.45, 2.75) is 390 Å². The van der Waals surface area contributed by atoms with E-state index in [1.807, 2.05) is 0 Å². The van der Waals surface area contributed by atoms with Crippen LogP contribution in [0.3, 0.4) is 0 Å². The van der Waals surface area contributed by atoms with E-state index in [1.54, 1.807) is 0 Å². The SMILES string of the molecule is CCCCCCCCCCCCCCCCCCCCCCCCCCCCOCC(COC1OC(COC2OC(CO)C(O)C(O)C2O)C(O)C(O)C1O)OC(=O)CCCCCCCCCCCCCCCCCCCCCCC. The van der Waals surface area contributed by atoms with Crippen molar-refractivity contribution in [2.24, 2.45) is 0 Å². The summed E-state index contributed by atoms with van der Waals surface area (Å²) in [6.45, 7) is 3.79. The molecular weight excluding hydrogens is 1030 g/mol. The van der Waals surface area contributed by atoms with Gasteiger partial charge >= 0.3 is 5.97 Å². The van der Waals surface area contributed by atoms with Gasteiger partial charge in [-0.3, -0.25) is 4.79 Å². The van der Waals surface area contributed by atoms with Crippen LogP contribution in [-0.4, -0.2) is 142 Å². The third kappa shape index (κ3) is 40.1. The molecule has 0 amide bonds. The van der Waals surface area contributed by atoms with E-state index in [-0.39, 0.29) is 25.6 Å². The maximum absolute atomic E-state index is 13.1. The number of aliphatic hydroxyl groups is 7. The minimum absolute atomic E-state index is 0.0716. The zero-order valence-electron chi connectivity index (χ0n) is 52.3. The third-order valence-corrected chi connectivity index (χ3v) is 17.1. The molecule has 14 nitrogen and oxygen atoms in total. The van der Waals surface area contributed by atoms with Crippen LogP contribution in [0, 0.1) is 0 Å². The molecule has 0 saturated carbocycles. The Morgan fingerprint density at radius 3 is 1.00 bits per heavy atom. The van der Waals surface area contributed by atoms with Crippen LogP contribution in [-0.2, 0) is 33.2 Å². The fourth-order valence-electron chi connectivity index (χ4n) is 11.6. The number of rotatable bonds is 59. The van der Waals surface area contributed by atoms with Crippen molar-refractivity contribution >= 4 is 5.97 Å². The maximum atomic E-state index is 13.1. The van der Waals surface area contributed by atoms with Crippen LogP contribution >= 0.6 is 0 Å². The largest absolute Gasteiger partial charge is 0.457 e. The molecule has 0 aromatic rings. The summed E-state index contributed by atoms with van der Waals surface area (Å²) in [5.41, 5.74) is 0. The molecule has 482 valence electrons. The van der Waals surface area contributed by atoms with Crippen molar-refractivity contribution in [3.63, 3.8) is 0 Å². The van der Waals surface area contributed by atoms with E-state index in [1.165, 1.54) is 257 Å². The zero-order valence-corrected chi connectivity index (χ0v) is 52.3. The minimum Gasteiger partial charge on any atom is -0.457 e. The summed E-state index contributed by atoms with van der Waals surface area (Å²) in [7, 11) is 0. The Labute approximate surface area is 495 Å². The second-order valence-corrected chi connectivity index (χ2v) is 24.7. The van der Waals surface area contributed by atoms with Gasteiger partial charge in [0.15, 0.2) is 12.6 Å². The second-order valence-electron chi connectivity index (χ2n) is 24.7. The maximum Gasteiger partial charge on any atom is 0.306 e. The van der Waals surface area contributed by atoms with E-state index in [0.29, 0.717) is 6.61 Å². The molecule has 0 bridgehead atoms. The van der Waals surface area contributed by atoms with Crippen LogP contribution < -0.4 is 0 Å². The van der Waals surface area contributed by atoms with E-state index in [9.17, 15) is 40.5 Å². The molecule has 0 aromatic heterocycles. The van der Waals surface area contributed by atoms with Crippen LogP contribution in [0.25, 0.3) is 0 Å². The molecule has 2 heterocycles. The fourth-order valence-corrected chi connectivity index (χ4v) is 11.6. The monoisotopic (exact) mass is 1160 g/mol. The highest BCUT2D eigenvalue weighted by atomic mass is 16.7. The lowest BCUT2D eigenvalue weighted by Gasteiger charge is -2.42. The van der Waals surface area contributed by atoms with Crippen LogP contribution in [0.15, 0.2) is 0 Å². The first kappa shape index (κ1) is 76.1. The van der Waals surface area contributed by atoms with E-state index in [2.05, 4.69) is 13.8 Å². The fraction of sp³-hybridized carbons (Fsp3) is 0.985. The van der Waals surface area contributed by atoms with Gasteiger partial charge in [-0.2, -0.15) is 0 Å². The Balaban J connectivity index is 1.62. The van der Waals surface area contributed by atoms with Gasteiger partial charge < -0.3 is 64.2 Å². The highest BCUT2D eigenvalue weighted by Gasteiger charge is 2.47. The molecule has 0 spiro atoms. The van der Waals surface area contributed by atoms with Crippen molar-refractivity contribution in [3.05, 3.63) is 0 Å². The Morgan fingerprint density at radius 1 is 0.358 bits per heavy atom. The Hall–Kier alpha value is -1.01. The summed E-state index contributed by atoms with van der Waals surface area (Å²) >= 11 is 0. The van der Waals surface area contributed by atoms with Gasteiger partial charge in [-0.25, -0.2) is 0 Å². The molecule has 2 saturated heterocycles. The topological polar surface area (TPSA) is 214 Å². The Kier molecular flexibility index (Phi) is 51.1. The van der Waals surface area contributed by atoms with Crippen LogP contribution in [0.4, 0.5) is 0 Å². The van der Waals surface area contributed by atoms with Crippen molar-refractivity contribution in [2.75, 3.05) is 33.0 Å². The molecular formula is C67H130O14. The summed E-state index contributed by atoms with van der Waals surface area (Å²) in [6, 6.07) is 0. The number of hydrogen-bond acceptors (Lipinski definition) is 14. The normalized spacial score (nSPS) is 23.6. The van der Waals surface area contributed by atoms with Crippen molar-refractivity contribution in [1.82, 2.24) is 0 Å². The molecule has 81 heavy (non-hydrogen) atoms. The molecule has 2 rings (SSSR count). The molecule has 2 aliphatic heterocycles. The summed E-state index contributed by atoms with van der Waals surface area (Å²) in [4.78, 5) is 13.1. The molecule has 11 unspecified atom stereocenters. The number of aliphatic hydroxyl groups excluding tert-OH is 7. The van der Waals surface area contributed by atoms with Crippen LogP contribution in [0.1, 0.15) is 322 Å². The predicted octanol–water partition coefficient (Wildman–Crippen LogP) is 14.3. The minimum atomic E-state index is -1.70. The predicted molar refractivity (Wildman–Crippen MR) is 326 cm³/mol. The van der Waals surface area contributed by atoms with Crippen molar-refractivity contribution in [3.8, 4) is 0 Å². The van der Waals surface area contributed by atoms with E-state index in [0.717, 1.165) is 44.9 Å². The lowest BCUT2D eigenvalue weighted by molar-refractivity contribution is -0.332. The first-order valence-corrected chi connectivity index (χ1v) is 34.6. The molecule has 7 N–H and O–H groups in total. The zero-order chi connectivity index (χ0) is 58.6. The van der Waals surface area contributed by atoms with Gasteiger partial charge in [0.05, 0.1) is 26.4 Å². The standard InChI is InChI=1S/C67H130O14/c1-3-5-7-9-11-13-15-17-19-21-23-25-26-27-28-29-31-33-35-37-39-41-43-45-47-49-51-76-53-56(54-77-66-65(75)63(73)61(71)58(81-66)55-78-67-64(74)62(72)60(70)57(52-68)80-67)79-59(69)50-48-46-44-42-40-38-36-34-32-30-24-22-20-18-16-14-12-10-8-6-4-2/h56-58,60-68,70-75H,3-55H2,1-2H3. The van der Waals surface area contributed by atoms with E-state index >= 15 is 0 Å². The average Bonchev–Trinajstić information content (AvgIpc) is 3.60. The number of esters is 1. The number of ether oxygens (including phenoxy) is 6. The molecule has 11 atom stereocenters. The van der Waals surface area contributed by atoms with Crippen LogP contribution in [0.2, 0.25) is 0 Å². The summed E-state index contributed by atoms with van der Waals surface area (Å²) in [5.74, 6) is -0.364. The van der Waals surface area contributed by atoms with Gasteiger partial charge in [-0.1, -0.05) is 303 Å². The molecule has 2 fully saturated rings. The third-order valence-electron chi connectivity index (χ3n) is 17.1. The Bertz CT molecular complexity index is 1340. The van der Waals surface area contributed by atoms with Crippen molar-refractivity contribution in [1.29, 1.82) is 0 Å². The molecule has 0 aromatic carbocycles. The van der Waals surface area contributed by atoms with Gasteiger partial charge in [-0.15, -0.1) is 0 Å². The second kappa shape index (κ2) is 54.4. The highest BCUT2D eigenvalue weighted by Crippen LogP contribution is 2.27. The smallest absolute Gasteiger partial charge is 0.306 e. The van der Waals surface area contributed by atoms with E-state index < -0.39 is 80.7 Å². The summed E-state index contributed by atoms with van der Waals surface area (Å²) < 4.78 is 34.6. The molecule has 0 radical (unpaired) electrons. The van der Waals surface area contributed by atoms with Gasteiger partial charge in [0.25, 0.3) is 0 Å². The lowest BCUT2D eigenvalue weighted by Crippen LogP contribution is -2.61. The van der Waals surface area contributed by atoms with Gasteiger partial charge in [-0.05, 0) is 12.8 Å². The van der Waals surface area contributed by atoms with Crippen molar-refractivity contribution < 1.29 is 69.0 Å². The molecule has 2 aliphatic rings. The first-order chi connectivity index (χ1) is 39.6. The molecule has 14 heteroatoms. The van der Waals surface area contributed by atoms with Gasteiger partial charge in [0.2, 0.25) is 0 Å². The summed E-state index contributed by atoms with van der Waals surface area (Å²) in [5, 5.41) is 72.6. The number of hydrogen-bond donors (Lipinski definition) is 7. The lowest BCUT2D eigenvalue weighted by atomic mass is 9.98. The first-order valence-electron chi connectivity index (χ1n) is 34.6. The number of carbonyl (C=O) groups is 1. The van der Waals surface area contributed by atoms with Gasteiger partial charge in [0.1, 0.15) is 54.9 Å². The van der Waals surface area contributed by atoms with E-state index in [4.69, 9.17) is 28.4 Å². The number of carbonyl (C=O) groups excluding carboxylic acids is 1. The Morgan fingerprint density at radius 2 is 0.654 bits per heavy atom. The van der Waals surface area contributed by atoms with Gasteiger partial charge in [0, 0.05) is 13.0 Å².